The highest BCUT2D eigenvalue weighted by Crippen LogP contribution is 2.33. The topological polar surface area (TPSA) is 86.2 Å². The van der Waals surface area contributed by atoms with Gasteiger partial charge in [0.1, 0.15) is 10.8 Å². The molecule has 26 heavy (non-hydrogen) atoms. The fourth-order valence-electron chi connectivity index (χ4n) is 2.79. The van der Waals surface area contributed by atoms with Crippen molar-refractivity contribution in [2.45, 2.75) is 66.3 Å². The van der Waals surface area contributed by atoms with Gasteiger partial charge in [-0.2, -0.15) is 9.61 Å². The molecule has 1 aliphatic rings. The van der Waals surface area contributed by atoms with Crippen molar-refractivity contribution >= 4 is 27.7 Å². The van der Waals surface area contributed by atoms with E-state index < -0.39 is 0 Å². The molecule has 2 N–H and O–H groups in total. The summed E-state index contributed by atoms with van der Waals surface area (Å²) >= 11 is 1.56. The van der Waals surface area contributed by atoms with E-state index >= 15 is 0 Å². The summed E-state index contributed by atoms with van der Waals surface area (Å²) < 4.78 is 1.78. The molecule has 0 radical (unpaired) electrons. The van der Waals surface area contributed by atoms with Gasteiger partial charge in [-0.1, -0.05) is 55.8 Å². The first-order valence-corrected chi connectivity index (χ1v) is 9.99. The number of aromatic nitrogens is 4. The van der Waals surface area contributed by atoms with E-state index in [1.807, 2.05) is 6.92 Å². The van der Waals surface area contributed by atoms with Gasteiger partial charge in [-0.25, -0.2) is 0 Å². The van der Waals surface area contributed by atoms with Gasteiger partial charge in [0.25, 0.3) is 0 Å². The van der Waals surface area contributed by atoms with E-state index in [-0.39, 0.29) is 12.0 Å². The molecule has 0 amide bonds. The fraction of sp³-hybridized carbons (Fsp3) is 0.579. The molecule has 2 aromatic rings. The van der Waals surface area contributed by atoms with Crippen LogP contribution in [-0.4, -0.2) is 31.6 Å². The van der Waals surface area contributed by atoms with Gasteiger partial charge in [-0.05, 0) is 32.8 Å². The van der Waals surface area contributed by atoms with Crippen LogP contribution in [-0.2, 0) is 4.79 Å². The number of aryl methyl sites for hydroxylation is 1. The lowest BCUT2D eigenvalue weighted by Gasteiger charge is -2.25. The van der Waals surface area contributed by atoms with E-state index in [4.69, 9.17) is 5.73 Å². The van der Waals surface area contributed by atoms with Gasteiger partial charge in [0.15, 0.2) is 5.82 Å². The summed E-state index contributed by atoms with van der Waals surface area (Å²) in [7, 11) is 0. The zero-order chi connectivity index (χ0) is 19.3. The smallest absolute Gasteiger partial charge is 0.234 e. The van der Waals surface area contributed by atoms with Crippen molar-refractivity contribution in [1.82, 2.24) is 19.8 Å². The molecule has 2 heterocycles. The summed E-state index contributed by atoms with van der Waals surface area (Å²) in [6.07, 6.45) is 8.44. The zero-order valence-electron chi connectivity index (χ0n) is 16.3. The highest BCUT2D eigenvalue weighted by atomic mass is 32.1. The number of rotatable bonds is 5. The summed E-state index contributed by atoms with van der Waals surface area (Å²) in [5.41, 5.74) is 8.58. The summed E-state index contributed by atoms with van der Waals surface area (Å²) in [6.45, 7) is 9.90. The number of nitrogens with two attached hydrogens (primary N) is 1. The molecular weight excluding hydrogens is 346 g/mol. The fourth-order valence-corrected chi connectivity index (χ4v) is 3.80. The molecule has 0 aliphatic heterocycles. The van der Waals surface area contributed by atoms with Crippen molar-refractivity contribution < 1.29 is 4.79 Å². The minimum absolute atomic E-state index is 0.0699. The Labute approximate surface area is 159 Å². The molecule has 142 valence electrons. The number of nitrogens with zero attached hydrogens (tertiary/aromatic N) is 4. The van der Waals surface area contributed by atoms with Gasteiger partial charge in [0.05, 0.1) is 0 Å². The Morgan fingerprint density at radius 1 is 1.27 bits per heavy atom. The molecular formula is C19H29N5OS. The van der Waals surface area contributed by atoms with Crippen LogP contribution in [0.4, 0.5) is 0 Å². The number of unbranched alkanes of at least 4 members (excludes halogenated alkanes) is 2. The number of Topliss-reactive ketones (excluding diaryl/α,β-unsaturated/α-hetero) is 1. The maximum absolute atomic E-state index is 10.3. The van der Waals surface area contributed by atoms with Crippen molar-refractivity contribution in [2.75, 3.05) is 0 Å². The minimum Gasteiger partial charge on any atom is -0.324 e. The highest BCUT2D eigenvalue weighted by molar-refractivity contribution is 7.17. The summed E-state index contributed by atoms with van der Waals surface area (Å²) in [5, 5.41) is 13.6. The number of hydrogen-bond donors (Lipinski definition) is 1. The van der Waals surface area contributed by atoms with Gasteiger partial charge in [0, 0.05) is 18.4 Å². The van der Waals surface area contributed by atoms with Crippen LogP contribution in [0, 0.1) is 12.8 Å². The van der Waals surface area contributed by atoms with Gasteiger partial charge >= 0.3 is 0 Å². The van der Waals surface area contributed by atoms with Crippen LogP contribution in [0.5, 0.6) is 0 Å². The van der Waals surface area contributed by atoms with Gasteiger partial charge in [-0.3, -0.25) is 0 Å². The van der Waals surface area contributed by atoms with Crippen LogP contribution in [0.15, 0.2) is 17.7 Å². The lowest BCUT2D eigenvalue weighted by Crippen LogP contribution is -2.31. The number of carbonyl (C=O) groups is 1. The molecule has 6 nitrogen and oxygen atoms in total. The third-order valence-corrected chi connectivity index (χ3v) is 5.55. The van der Waals surface area contributed by atoms with Crippen LogP contribution >= 0.6 is 11.3 Å². The molecule has 7 heteroatoms. The van der Waals surface area contributed by atoms with E-state index in [2.05, 4.69) is 48.2 Å². The zero-order valence-corrected chi connectivity index (χ0v) is 17.1. The van der Waals surface area contributed by atoms with E-state index in [9.17, 15) is 4.79 Å². The van der Waals surface area contributed by atoms with E-state index in [1.54, 1.807) is 22.8 Å². The average Bonchev–Trinajstić information content (AvgIpc) is 3.16. The standard InChI is InChI=1S/C12H15N5S.C7H14O/c1-6-4-5-9(7(2)10(6)13)11-16-17-8(3)14-15-12(17)18-11;1-3-4-5-6-7(2)8/h4-5,7,10H,13H2,1-3H3;3-6H2,1-2H3. The van der Waals surface area contributed by atoms with E-state index in [0.717, 1.165) is 28.6 Å². The molecule has 0 aromatic carbocycles. The van der Waals surface area contributed by atoms with Crippen LogP contribution in [0.1, 0.15) is 64.2 Å². The second-order valence-electron chi connectivity index (χ2n) is 6.86. The molecule has 0 bridgehead atoms. The Bertz CT molecular complexity index is 817. The van der Waals surface area contributed by atoms with Crippen molar-refractivity contribution in [2.24, 2.45) is 11.7 Å². The molecule has 0 spiro atoms. The minimum atomic E-state index is 0.0699. The molecule has 0 fully saturated rings. The highest BCUT2D eigenvalue weighted by Gasteiger charge is 2.25. The Morgan fingerprint density at radius 2 is 2.00 bits per heavy atom. The van der Waals surface area contributed by atoms with Crippen molar-refractivity contribution in [1.29, 1.82) is 0 Å². The molecule has 3 rings (SSSR count). The maximum Gasteiger partial charge on any atom is 0.234 e. The van der Waals surface area contributed by atoms with Gasteiger partial charge < -0.3 is 10.5 Å². The SMILES string of the molecule is CC1=CC=C(c2nn3c(C)nnc3s2)C(C)C1N.CCCCCC(C)=O. The van der Waals surface area contributed by atoms with Crippen LogP contribution in [0.3, 0.4) is 0 Å². The van der Waals surface area contributed by atoms with E-state index in [1.165, 1.54) is 24.0 Å². The first kappa shape index (κ1) is 20.5. The molecule has 0 saturated heterocycles. The van der Waals surface area contributed by atoms with Gasteiger partial charge in [0.2, 0.25) is 4.96 Å². The number of fused-ring (bicyclic) bond motifs is 1. The van der Waals surface area contributed by atoms with Crippen molar-refractivity contribution in [3.05, 3.63) is 28.6 Å². The Balaban J connectivity index is 0.000000260. The van der Waals surface area contributed by atoms with E-state index in [0.29, 0.717) is 5.78 Å². The predicted molar refractivity (Wildman–Crippen MR) is 107 cm³/mol. The van der Waals surface area contributed by atoms with Crippen molar-refractivity contribution in [3.63, 3.8) is 0 Å². The number of ketones is 1. The maximum atomic E-state index is 10.3. The lowest BCUT2D eigenvalue weighted by molar-refractivity contribution is -0.117. The van der Waals surface area contributed by atoms with Crippen LogP contribution in [0.25, 0.3) is 10.5 Å². The second kappa shape index (κ2) is 9.19. The third-order valence-electron chi connectivity index (χ3n) is 4.61. The quantitative estimate of drug-likeness (QED) is 0.800. The predicted octanol–water partition coefficient (Wildman–Crippen LogP) is 3.96. The summed E-state index contributed by atoms with van der Waals surface area (Å²) in [4.78, 5) is 11.1. The molecule has 2 unspecified atom stereocenters. The average molecular weight is 376 g/mol. The van der Waals surface area contributed by atoms with Gasteiger partial charge in [-0.15, -0.1) is 10.2 Å². The molecule has 1 aliphatic carbocycles. The molecule has 2 aromatic heterocycles. The van der Waals surface area contributed by atoms with Crippen LogP contribution in [0.2, 0.25) is 0 Å². The first-order chi connectivity index (χ1) is 12.3. The number of carbonyl (C=O) groups excluding carboxylic acids is 1. The summed E-state index contributed by atoms with van der Waals surface area (Å²) in [6, 6.07) is 0.0699. The van der Waals surface area contributed by atoms with Crippen molar-refractivity contribution in [3.8, 4) is 0 Å². The van der Waals surface area contributed by atoms with Crippen LogP contribution < -0.4 is 5.73 Å². The first-order valence-electron chi connectivity index (χ1n) is 9.17. The summed E-state index contributed by atoms with van der Waals surface area (Å²) in [5.74, 6) is 1.41. The molecule has 2 atom stereocenters. The second-order valence-corrected chi connectivity index (χ2v) is 7.81. The number of allylic oxidation sites excluding steroid dienone is 2. The lowest BCUT2D eigenvalue weighted by atomic mass is 9.85. The third kappa shape index (κ3) is 4.86. The largest absolute Gasteiger partial charge is 0.324 e. The Kier molecular flexibility index (Phi) is 7.23. The normalized spacial score (nSPS) is 19.6. The molecule has 0 saturated carbocycles. The Hall–Kier alpha value is -1.86. The Morgan fingerprint density at radius 3 is 2.62 bits per heavy atom. The monoisotopic (exact) mass is 375 g/mol. The number of hydrogen-bond acceptors (Lipinski definition) is 6.